The molecule has 0 aromatic heterocycles. The van der Waals surface area contributed by atoms with Crippen LogP contribution in [0.25, 0.3) is 0 Å². The minimum atomic E-state index is -0.798. The highest BCUT2D eigenvalue weighted by atomic mass is 16.5. The molecular weight excluding hydrogens is 755 g/mol. The molecule has 6 nitrogen and oxygen atoms in total. The quantitative estimate of drug-likeness (QED) is 0.0322. The van der Waals surface area contributed by atoms with Gasteiger partial charge in [-0.05, 0) is 44.9 Å². The van der Waals surface area contributed by atoms with E-state index in [2.05, 4.69) is 50.4 Å². The topological polar surface area (TPSA) is 95.9 Å². The molecule has 0 aromatic carbocycles. The van der Waals surface area contributed by atoms with E-state index in [1.807, 2.05) is 36.5 Å². The standard InChI is InChI=1S/C55H99NO5/c1-4-7-10-13-16-19-21-23-25-27-29-31-33-36-39-42-45-48-55(60)61-51(46-43-40-37-35-32-30-28-26-24-22-20-17-14-11-8-5-2)49-54(59)56-52(50-57)53(58)47-44-41-38-34-18-15-12-9-6-3/h11,14,17,20,22,24,26,28,30,32,51-53,57-58H,4-10,12-13,15-16,18-19,21,23,25,27,29,31,33-50H2,1-3H3,(H,56,59)/b14-11+,20-17+,24-22+,28-26+,32-30+. The van der Waals surface area contributed by atoms with Crippen molar-refractivity contribution in [1.82, 2.24) is 5.32 Å². The van der Waals surface area contributed by atoms with Gasteiger partial charge < -0.3 is 20.3 Å². The number of aliphatic hydroxyl groups excluding tert-OH is 2. The smallest absolute Gasteiger partial charge is 0.306 e. The van der Waals surface area contributed by atoms with Gasteiger partial charge in [0.05, 0.1) is 25.2 Å². The molecule has 0 spiro atoms. The predicted octanol–water partition coefficient (Wildman–Crippen LogP) is 15.6. The SMILES string of the molecule is CCC/C=C/C=C/C=C/C=C/C=C/CCCCCC(CC(=O)NC(CO)C(O)CCCCCCCCCCC)OC(=O)CCCCCCCCCCCCCCCCCCC. The third kappa shape index (κ3) is 44.0. The van der Waals surface area contributed by atoms with Gasteiger partial charge in [-0.25, -0.2) is 0 Å². The number of ether oxygens (including phenoxy) is 1. The molecule has 0 heterocycles. The Labute approximate surface area is 378 Å². The molecule has 0 saturated carbocycles. The molecule has 0 fully saturated rings. The van der Waals surface area contributed by atoms with Crippen LogP contribution < -0.4 is 5.32 Å². The number of carbonyl (C=O) groups excluding carboxylic acids is 2. The fourth-order valence-electron chi connectivity index (χ4n) is 7.76. The summed E-state index contributed by atoms with van der Waals surface area (Å²) < 4.78 is 5.92. The lowest BCUT2D eigenvalue weighted by atomic mass is 10.0. The fraction of sp³-hybridized carbons (Fsp3) is 0.782. The number of allylic oxidation sites excluding steroid dienone is 10. The lowest BCUT2D eigenvalue weighted by Gasteiger charge is -2.24. The van der Waals surface area contributed by atoms with Crippen LogP contribution in [0.2, 0.25) is 0 Å². The van der Waals surface area contributed by atoms with Crippen molar-refractivity contribution in [3.63, 3.8) is 0 Å². The Bertz CT molecular complexity index is 1090. The maximum Gasteiger partial charge on any atom is 0.306 e. The Kier molecular flexibility index (Phi) is 46.6. The maximum absolute atomic E-state index is 13.2. The molecule has 6 heteroatoms. The molecule has 3 atom stereocenters. The van der Waals surface area contributed by atoms with Crippen LogP contribution in [0, 0.1) is 0 Å². The number of carbonyl (C=O) groups is 2. The van der Waals surface area contributed by atoms with Crippen molar-refractivity contribution in [3.05, 3.63) is 60.8 Å². The maximum atomic E-state index is 13.2. The van der Waals surface area contributed by atoms with Crippen LogP contribution in [-0.4, -0.2) is 46.9 Å². The lowest BCUT2D eigenvalue weighted by molar-refractivity contribution is -0.151. The van der Waals surface area contributed by atoms with E-state index in [0.717, 1.165) is 70.6 Å². The monoisotopic (exact) mass is 854 g/mol. The summed E-state index contributed by atoms with van der Waals surface area (Å²) in [7, 11) is 0. The summed E-state index contributed by atoms with van der Waals surface area (Å²) in [6.07, 6.45) is 60.0. The van der Waals surface area contributed by atoms with Crippen LogP contribution in [0.4, 0.5) is 0 Å². The first-order chi connectivity index (χ1) is 30.0. The van der Waals surface area contributed by atoms with Crippen molar-refractivity contribution in [2.45, 2.75) is 270 Å². The van der Waals surface area contributed by atoms with Gasteiger partial charge in [0.15, 0.2) is 0 Å². The van der Waals surface area contributed by atoms with Crippen LogP contribution in [0.5, 0.6) is 0 Å². The largest absolute Gasteiger partial charge is 0.462 e. The summed E-state index contributed by atoms with van der Waals surface area (Å²) in [6, 6.07) is -0.715. The molecule has 3 unspecified atom stereocenters. The average molecular weight is 854 g/mol. The second kappa shape index (κ2) is 48.6. The zero-order valence-electron chi connectivity index (χ0n) is 40.3. The molecule has 1 amide bonds. The van der Waals surface area contributed by atoms with E-state index in [0.29, 0.717) is 19.3 Å². The van der Waals surface area contributed by atoms with Crippen LogP contribution in [-0.2, 0) is 14.3 Å². The summed E-state index contributed by atoms with van der Waals surface area (Å²) in [5, 5.41) is 23.7. The number of rotatable bonds is 46. The second-order valence-electron chi connectivity index (χ2n) is 17.7. The number of nitrogens with one attached hydrogen (secondary N) is 1. The molecule has 0 bridgehead atoms. The van der Waals surface area contributed by atoms with Crippen molar-refractivity contribution >= 4 is 11.9 Å². The molecule has 61 heavy (non-hydrogen) atoms. The van der Waals surface area contributed by atoms with Crippen LogP contribution in [0.15, 0.2) is 60.8 Å². The van der Waals surface area contributed by atoms with Crippen molar-refractivity contribution in [2.75, 3.05) is 6.61 Å². The van der Waals surface area contributed by atoms with Crippen LogP contribution >= 0.6 is 0 Å². The average Bonchev–Trinajstić information content (AvgIpc) is 3.25. The highest BCUT2D eigenvalue weighted by Crippen LogP contribution is 2.18. The van der Waals surface area contributed by atoms with E-state index in [4.69, 9.17) is 4.74 Å². The van der Waals surface area contributed by atoms with E-state index >= 15 is 0 Å². The Hall–Kier alpha value is -2.44. The van der Waals surface area contributed by atoms with Gasteiger partial charge in [0.1, 0.15) is 6.10 Å². The third-order valence-electron chi connectivity index (χ3n) is 11.7. The molecule has 0 aromatic rings. The Morgan fingerprint density at radius 3 is 1.33 bits per heavy atom. The van der Waals surface area contributed by atoms with E-state index in [1.165, 1.54) is 135 Å². The number of amides is 1. The summed E-state index contributed by atoms with van der Waals surface area (Å²) in [6.45, 7) is 6.37. The number of hydrogen-bond acceptors (Lipinski definition) is 5. The molecule has 0 aliphatic carbocycles. The normalized spacial score (nSPS) is 13.7. The number of aliphatic hydroxyl groups is 2. The van der Waals surface area contributed by atoms with Crippen LogP contribution in [0.1, 0.15) is 252 Å². The summed E-state index contributed by atoms with van der Waals surface area (Å²) in [5.74, 6) is -0.511. The fourth-order valence-corrected chi connectivity index (χ4v) is 7.76. The Morgan fingerprint density at radius 1 is 0.475 bits per heavy atom. The van der Waals surface area contributed by atoms with Crippen molar-refractivity contribution in [3.8, 4) is 0 Å². The highest BCUT2D eigenvalue weighted by molar-refractivity contribution is 5.77. The van der Waals surface area contributed by atoms with E-state index in [-0.39, 0.29) is 24.9 Å². The van der Waals surface area contributed by atoms with Gasteiger partial charge >= 0.3 is 5.97 Å². The molecule has 0 radical (unpaired) electrons. The van der Waals surface area contributed by atoms with Crippen molar-refractivity contribution in [2.24, 2.45) is 0 Å². The zero-order chi connectivity index (χ0) is 44.5. The predicted molar refractivity (Wildman–Crippen MR) is 264 cm³/mol. The van der Waals surface area contributed by atoms with Gasteiger partial charge in [-0.3, -0.25) is 9.59 Å². The molecule has 0 rings (SSSR count). The second-order valence-corrected chi connectivity index (χ2v) is 17.7. The first-order valence-electron chi connectivity index (χ1n) is 26.1. The molecule has 3 N–H and O–H groups in total. The Morgan fingerprint density at radius 2 is 0.869 bits per heavy atom. The number of unbranched alkanes of at least 4 members (excludes halogenated alkanes) is 28. The number of esters is 1. The summed E-state index contributed by atoms with van der Waals surface area (Å²) in [4.78, 5) is 26.1. The van der Waals surface area contributed by atoms with Gasteiger partial charge in [0.25, 0.3) is 0 Å². The minimum Gasteiger partial charge on any atom is -0.462 e. The van der Waals surface area contributed by atoms with E-state index in [1.54, 1.807) is 0 Å². The molecule has 0 aliphatic heterocycles. The summed E-state index contributed by atoms with van der Waals surface area (Å²) in [5.41, 5.74) is 0. The minimum absolute atomic E-state index is 0.0501. The first-order valence-corrected chi connectivity index (χ1v) is 26.1. The van der Waals surface area contributed by atoms with E-state index in [9.17, 15) is 19.8 Å². The lowest BCUT2D eigenvalue weighted by Crippen LogP contribution is -2.46. The van der Waals surface area contributed by atoms with E-state index < -0.39 is 18.2 Å². The molecular formula is C55H99NO5. The van der Waals surface area contributed by atoms with Gasteiger partial charge in [-0.2, -0.15) is 0 Å². The van der Waals surface area contributed by atoms with Gasteiger partial charge in [-0.1, -0.05) is 255 Å². The number of hydrogen-bond donors (Lipinski definition) is 3. The highest BCUT2D eigenvalue weighted by Gasteiger charge is 2.24. The molecule has 0 aliphatic rings. The van der Waals surface area contributed by atoms with Crippen molar-refractivity contribution < 1.29 is 24.5 Å². The molecule has 0 saturated heterocycles. The van der Waals surface area contributed by atoms with Gasteiger partial charge in [0, 0.05) is 6.42 Å². The van der Waals surface area contributed by atoms with Gasteiger partial charge in [0.2, 0.25) is 5.91 Å². The molecule has 354 valence electrons. The van der Waals surface area contributed by atoms with Crippen molar-refractivity contribution in [1.29, 1.82) is 0 Å². The zero-order valence-corrected chi connectivity index (χ0v) is 40.3. The third-order valence-corrected chi connectivity index (χ3v) is 11.7. The van der Waals surface area contributed by atoms with Crippen LogP contribution in [0.3, 0.4) is 0 Å². The summed E-state index contributed by atoms with van der Waals surface area (Å²) >= 11 is 0. The Balaban J connectivity index is 4.63. The first kappa shape index (κ1) is 58.6. The van der Waals surface area contributed by atoms with Gasteiger partial charge in [-0.15, -0.1) is 0 Å².